The Kier molecular flexibility index (Phi) is 3.56. The molecule has 0 amide bonds. The molecule has 1 aromatic carbocycles. The highest BCUT2D eigenvalue weighted by Gasteiger charge is 2.32. The van der Waals surface area contributed by atoms with Gasteiger partial charge in [-0.15, -0.1) is 0 Å². The van der Waals surface area contributed by atoms with Gasteiger partial charge in [-0.05, 0) is 36.8 Å². The first-order valence-electron chi connectivity index (χ1n) is 7.25. The number of fused-ring (bicyclic) bond motifs is 1. The van der Waals surface area contributed by atoms with Gasteiger partial charge in [-0.1, -0.05) is 24.6 Å². The van der Waals surface area contributed by atoms with Crippen molar-refractivity contribution in [3.63, 3.8) is 0 Å². The zero-order valence-corrected chi connectivity index (χ0v) is 11.2. The average Bonchev–Trinajstić information content (AvgIpc) is 2.85. The van der Waals surface area contributed by atoms with Gasteiger partial charge in [0, 0.05) is 18.4 Å². The lowest BCUT2D eigenvalue weighted by atomic mass is 9.84. The van der Waals surface area contributed by atoms with Gasteiger partial charge in [0.05, 0.1) is 6.61 Å². The second-order valence-electron chi connectivity index (χ2n) is 5.74. The lowest BCUT2D eigenvalue weighted by Gasteiger charge is -2.26. The normalized spacial score (nSPS) is 29.6. The smallest absolute Gasteiger partial charge is 0.138 e. The third kappa shape index (κ3) is 2.52. The van der Waals surface area contributed by atoms with Gasteiger partial charge in [-0.2, -0.15) is 0 Å². The molecule has 0 bridgehead atoms. The molecular weight excluding hydrogens is 238 g/mol. The molecule has 0 spiro atoms. The second-order valence-corrected chi connectivity index (χ2v) is 5.74. The predicted octanol–water partition coefficient (Wildman–Crippen LogP) is 2.64. The fourth-order valence-electron chi connectivity index (χ4n) is 3.41. The van der Waals surface area contributed by atoms with E-state index in [4.69, 9.17) is 10.5 Å². The number of ketones is 1. The summed E-state index contributed by atoms with van der Waals surface area (Å²) in [6.07, 6.45) is 4.64. The summed E-state index contributed by atoms with van der Waals surface area (Å²) in [5.74, 6) is 1.70. The van der Waals surface area contributed by atoms with Crippen LogP contribution in [0.25, 0.3) is 0 Å². The molecule has 1 aliphatic carbocycles. The van der Waals surface area contributed by atoms with Crippen LogP contribution in [0.2, 0.25) is 0 Å². The Morgan fingerprint density at radius 2 is 2.11 bits per heavy atom. The van der Waals surface area contributed by atoms with Gasteiger partial charge in [-0.25, -0.2) is 0 Å². The van der Waals surface area contributed by atoms with Gasteiger partial charge in [0.2, 0.25) is 0 Å². The Bertz CT molecular complexity index is 472. The van der Waals surface area contributed by atoms with Gasteiger partial charge in [-0.3, -0.25) is 4.79 Å². The topological polar surface area (TPSA) is 52.3 Å². The van der Waals surface area contributed by atoms with E-state index >= 15 is 0 Å². The Hall–Kier alpha value is -1.35. The molecule has 1 aliphatic heterocycles. The number of carbonyl (C=O) groups excluding carboxylic acids is 1. The van der Waals surface area contributed by atoms with Crippen molar-refractivity contribution in [1.82, 2.24) is 0 Å². The van der Waals surface area contributed by atoms with Gasteiger partial charge < -0.3 is 10.5 Å². The quantitative estimate of drug-likeness (QED) is 0.908. The molecule has 3 atom stereocenters. The minimum Gasteiger partial charge on any atom is -0.493 e. The highest BCUT2D eigenvalue weighted by molar-refractivity contribution is 5.83. The minimum atomic E-state index is 0.0857. The van der Waals surface area contributed by atoms with Crippen molar-refractivity contribution in [3.05, 3.63) is 29.8 Å². The highest BCUT2D eigenvalue weighted by atomic mass is 16.5. The Morgan fingerprint density at radius 1 is 1.26 bits per heavy atom. The van der Waals surface area contributed by atoms with Crippen LogP contribution in [0.15, 0.2) is 24.3 Å². The van der Waals surface area contributed by atoms with Crippen LogP contribution in [0.3, 0.4) is 0 Å². The number of hydrogen-bond acceptors (Lipinski definition) is 3. The maximum absolute atomic E-state index is 12.4. The van der Waals surface area contributed by atoms with Crippen molar-refractivity contribution in [2.24, 2.45) is 11.7 Å². The molecule has 0 saturated heterocycles. The number of benzene rings is 1. The number of nitrogens with two attached hydrogens (primary N) is 1. The van der Waals surface area contributed by atoms with E-state index in [1.165, 1.54) is 5.56 Å². The Morgan fingerprint density at radius 3 is 2.89 bits per heavy atom. The van der Waals surface area contributed by atoms with Crippen LogP contribution in [-0.4, -0.2) is 18.4 Å². The van der Waals surface area contributed by atoms with E-state index in [0.717, 1.165) is 31.4 Å². The third-order valence-corrected chi connectivity index (χ3v) is 4.51. The molecule has 1 saturated carbocycles. The molecule has 3 rings (SSSR count). The first-order chi connectivity index (χ1) is 9.25. The molecule has 1 aromatic rings. The number of para-hydroxylation sites is 1. The zero-order valence-electron chi connectivity index (χ0n) is 11.2. The zero-order chi connectivity index (χ0) is 13.2. The molecule has 1 fully saturated rings. The highest BCUT2D eigenvalue weighted by Crippen LogP contribution is 2.37. The van der Waals surface area contributed by atoms with Crippen molar-refractivity contribution < 1.29 is 9.53 Å². The SMILES string of the molecule is NC1CCCC1C(=O)CC1CCOc2ccccc21. The summed E-state index contributed by atoms with van der Waals surface area (Å²) >= 11 is 0. The molecule has 2 aliphatic rings. The average molecular weight is 259 g/mol. The Balaban J connectivity index is 1.72. The molecule has 0 aromatic heterocycles. The molecule has 0 radical (unpaired) electrons. The number of hydrogen-bond donors (Lipinski definition) is 1. The van der Waals surface area contributed by atoms with Crippen LogP contribution >= 0.6 is 0 Å². The Labute approximate surface area is 114 Å². The monoisotopic (exact) mass is 259 g/mol. The molecule has 19 heavy (non-hydrogen) atoms. The van der Waals surface area contributed by atoms with E-state index in [2.05, 4.69) is 6.07 Å². The number of Topliss-reactive ketones (excluding diaryl/α,β-unsaturated/α-hetero) is 1. The summed E-state index contributed by atoms with van der Waals surface area (Å²) in [5.41, 5.74) is 7.22. The van der Waals surface area contributed by atoms with E-state index in [1.807, 2.05) is 18.2 Å². The maximum Gasteiger partial charge on any atom is 0.138 e. The van der Waals surface area contributed by atoms with E-state index in [9.17, 15) is 4.79 Å². The van der Waals surface area contributed by atoms with Crippen molar-refractivity contribution in [3.8, 4) is 5.75 Å². The van der Waals surface area contributed by atoms with E-state index in [-0.39, 0.29) is 12.0 Å². The van der Waals surface area contributed by atoms with Crippen molar-refractivity contribution in [2.45, 2.75) is 44.1 Å². The van der Waals surface area contributed by atoms with Gasteiger partial charge in [0.1, 0.15) is 11.5 Å². The number of carbonyl (C=O) groups is 1. The van der Waals surface area contributed by atoms with Crippen molar-refractivity contribution >= 4 is 5.78 Å². The third-order valence-electron chi connectivity index (χ3n) is 4.51. The molecule has 2 N–H and O–H groups in total. The first-order valence-corrected chi connectivity index (χ1v) is 7.25. The molecule has 1 heterocycles. The fraction of sp³-hybridized carbons (Fsp3) is 0.562. The summed E-state index contributed by atoms with van der Waals surface area (Å²) in [6, 6.07) is 8.17. The molecule has 3 unspecified atom stereocenters. The summed E-state index contributed by atoms with van der Waals surface area (Å²) in [4.78, 5) is 12.4. The first kappa shape index (κ1) is 12.7. The predicted molar refractivity (Wildman–Crippen MR) is 74.2 cm³/mol. The lowest BCUT2D eigenvalue weighted by Crippen LogP contribution is -2.32. The van der Waals surface area contributed by atoms with E-state index < -0.39 is 0 Å². The van der Waals surface area contributed by atoms with Gasteiger partial charge >= 0.3 is 0 Å². The lowest BCUT2D eigenvalue weighted by molar-refractivity contribution is -0.123. The number of ether oxygens (including phenoxy) is 1. The summed E-state index contributed by atoms with van der Waals surface area (Å²) in [7, 11) is 0. The van der Waals surface area contributed by atoms with Gasteiger partial charge in [0.25, 0.3) is 0 Å². The van der Waals surface area contributed by atoms with Gasteiger partial charge in [0.15, 0.2) is 0 Å². The van der Waals surface area contributed by atoms with Crippen LogP contribution in [-0.2, 0) is 4.79 Å². The van der Waals surface area contributed by atoms with E-state index in [0.29, 0.717) is 24.7 Å². The van der Waals surface area contributed by atoms with Crippen LogP contribution in [0, 0.1) is 5.92 Å². The fourth-order valence-corrected chi connectivity index (χ4v) is 3.41. The molecule has 3 heteroatoms. The minimum absolute atomic E-state index is 0.0857. The van der Waals surface area contributed by atoms with Crippen LogP contribution in [0.4, 0.5) is 0 Å². The summed E-state index contributed by atoms with van der Waals surface area (Å²) in [5, 5.41) is 0. The standard InChI is InChI=1S/C16H21NO2/c17-14-6-3-5-13(14)15(18)10-11-8-9-19-16-7-2-1-4-12(11)16/h1-2,4,7,11,13-14H,3,5-6,8-10,17H2. The van der Waals surface area contributed by atoms with Crippen LogP contribution in [0.5, 0.6) is 5.75 Å². The second kappa shape index (κ2) is 5.33. The maximum atomic E-state index is 12.4. The summed E-state index contributed by atoms with van der Waals surface area (Å²) < 4.78 is 5.65. The van der Waals surface area contributed by atoms with E-state index in [1.54, 1.807) is 0 Å². The van der Waals surface area contributed by atoms with Crippen molar-refractivity contribution in [1.29, 1.82) is 0 Å². The largest absolute Gasteiger partial charge is 0.493 e. The molecule has 3 nitrogen and oxygen atoms in total. The van der Waals surface area contributed by atoms with Crippen LogP contribution < -0.4 is 10.5 Å². The van der Waals surface area contributed by atoms with Crippen molar-refractivity contribution in [2.75, 3.05) is 6.61 Å². The summed E-state index contributed by atoms with van der Waals surface area (Å²) in [6.45, 7) is 0.714. The molecular formula is C16H21NO2. The molecule has 102 valence electrons. The van der Waals surface area contributed by atoms with Crippen LogP contribution in [0.1, 0.15) is 43.6 Å². The number of rotatable bonds is 3.